The van der Waals surface area contributed by atoms with E-state index in [1.165, 1.54) is 11.1 Å². The summed E-state index contributed by atoms with van der Waals surface area (Å²) in [5, 5.41) is 7.28. The molecule has 0 bridgehead atoms. The van der Waals surface area contributed by atoms with Crippen LogP contribution in [0.25, 0.3) is 0 Å². The monoisotopic (exact) mass is 282 g/mol. The number of benzene rings is 2. The molecule has 3 nitrogen and oxygen atoms in total. The maximum atomic E-state index is 5.60. The fourth-order valence-corrected chi connectivity index (χ4v) is 2.85. The number of nitrogens with one attached hydrogen (secondary N) is 2. The molecule has 3 rings (SSSR count). The largest absolute Gasteiger partial charge is 0.379 e. The summed E-state index contributed by atoms with van der Waals surface area (Å²) in [4.78, 5) is 0. The highest BCUT2D eigenvalue weighted by atomic mass is 16.5. The lowest BCUT2D eigenvalue weighted by molar-refractivity contribution is 0.142. The van der Waals surface area contributed by atoms with E-state index in [4.69, 9.17) is 4.74 Å². The molecule has 1 saturated heterocycles. The highest BCUT2D eigenvalue weighted by Gasteiger charge is 2.24. The van der Waals surface area contributed by atoms with Gasteiger partial charge in [0.05, 0.1) is 25.3 Å². The maximum absolute atomic E-state index is 5.60. The number of ether oxygens (including phenoxy) is 1. The third-order valence-electron chi connectivity index (χ3n) is 3.87. The third-order valence-corrected chi connectivity index (χ3v) is 3.87. The summed E-state index contributed by atoms with van der Waals surface area (Å²) in [6, 6.07) is 21.8. The Balaban J connectivity index is 1.92. The van der Waals surface area contributed by atoms with Crippen molar-refractivity contribution in [3.63, 3.8) is 0 Å². The van der Waals surface area contributed by atoms with Crippen LogP contribution in [-0.2, 0) is 4.74 Å². The first kappa shape index (κ1) is 14.3. The van der Waals surface area contributed by atoms with Gasteiger partial charge in [-0.2, -0.15) is 0 Å². The molecule has 1 fully saturated rings. The van der Waals surface area contributed by atoms with Gasteiger partial charge in [-0.15, -0.1) is 0 Å². The molecule has 2 aromatic carbocycles. The number of hydrogen-bond acceptors (Lipinski definition) is 3. The molecule has 0 amide bonds. The van der Waals surface area contributed by atoms with Crippen LogP contribution >= 0.6 is 0 Å². The van der Waals surface area contributed by atoms with Gasteiger partial charge in [0.1, 0.15) is 0 Å². The Bertz CT molecular complexity index is 480. The lowest BCUT2D eigenvalue weighted by Crippen LogP contribution is -2.36. The third kappa shape index (κ3) is 3.70. The van der Waals surface area contributed by atoms with Crippen molar-refractivity contribution in [2.24, 2.45) is 0 Å². The van der Waals surface area contributed by atoms with E-state index in [1.54, 1.807) is 0 Å². The molecule has 1 aliphatic heterocycles. The summed E-state index contributed by atoms with van der Waals surface area (Å²) in [5.41, 5.74) is 2.61. The van der Waals surface area contributed by atoms with Crippen molar-refractivity contribution in [2.45, 2.75) is 12.1 Å². The fourth-order valence-electron chi connectivity index (χ4n) is 2.85. The van der Waals surface area contributed by atoms with E-state index in [-0.39, 0.29) is 12.1 Å². The Morgan fingerprint density at radius 3 is 1.52 bits per heavy atom. The van der Waals surface area contributed by atoms with Gasteiger partial charge >= 0.3 is 0 Å². The van der Waals surface area contributed by atoms with Crippen molar-refractivity contribution in [3.8, 4) is 0 Å². The second-order valence-electron chi connectivity index (χ2n) is 5.30. The van der Waals surface area contributed by atoms with Crippen LogP contribution < -0.4 is 10.6 Å². The molecule has 2 aromatic rings. The van der Waals surface area contributed by atoms with Crippen molar-refractivity contribution in [1.29, 1.82) is 0 Å². The Kier molecular flexibility index (Phi) is 5.00. The SMILES string of the molecule is c1ccc([C@H]2NCCOCCN[C@@H]2c2ccccc2)cc1. The zero-order valence-corrected chi connectivity index (χ0v) is 12.2. The van der Waals surface area contributed by atoms with Crippen LogP contribution in [0.4, 0.5) is 0 Å². The minimum Gasteiger partial charge on any atom is -0.379 e. The summed E-state index contributed by atoms with van der Waals surface area (Å²) in [6.07, 6.45) is 0. The molecule has 1 aliphatic rings. The summed E-state index contributed by atoms with van der Waals surface area (Å²) in [7, 11) is 0. The van der Waals surface area contributed by atoms with Crippen LogP contribution in [0.5, 0.6) is 0 Å². The van der Waals surface area contributed by atoms with E-state index in [0.29, 0.717) is 0 Å². The average molecular weight is 282 g/mol. The predicted molar refractivity (Wildman–Crippen MR) is 85.2 cm³/mol. The van der Waals surface area contributed by atoms with Crippen LogP contribution in [0.1, 0.15) is 23.2 Å². The Morgan fingerprint density at radius 1 is 0.667 bits per heavy atom. The van der Waals surface area contributed by atoms with Gasteiger partial charge in [-0.25, -0.2) is 0 Å². The van der Waals surface area contributed by atoms with Gasteiger partial charge in [0, 0.05) is 13.1 Å². The van der Waals surface area contributed by atoms with Gasteiger partial charge < -0.3 is 15.4 Å². The van der Waals surface area contributed by atoms with Crippen LogP contribution in [-0.4, -0.2) is 26.3 Å². The minimum atomic E-state index is 0.246. The van der Waals surface area contributed by atoms with Crippen LogP contribution in [0.15, 0.2) is 60.7 Å². The molecule has 0 aromatic heterocycles. The molecule has 0 unspecified atom stereocenters. The van der Waals surface area contributed by atoms with Crippen molar-refractivity contribution in [2.75, 3.05) is 26.3 Å². The lowest BCUT2D eigenvalue weighted by atomic mass is 9.93. The summed E-state index contributed by atoms with van der Waals surface area (Å²) in [5.74, 6) is 0. The van der Waals surface area contributed by atoms with E-state index in [2.05, 4.69) is 71.3 Å². The first-order valence-electron chi connectivity index (χ1n) is 7.59. The second-order valence-corrected chi connectivity index (χ2v) is 5.30. The molecular weight excluding hydrogens is 260 g/mol. The fraction of sp³-hybridized carbons (Fsp3) is 0.333. The Hall–Kier alpha value is -1.68. The van der Waals surface area contributed by atoms with E-state index < -0.39 is 0 Å². The molecule has 21 heavy (non-hydrogen) atoms. The van der Waals surface area contributed by atoms with Crippen molar-refractivity contribution in [3.05, 3.63) is 71.8 Å². The average Bonchev–Trinajstić information content (AvgIpc) is 2.68. The quantitative estimate of drug-likeness (QED) is 0.888. The molecule has 2 atom stereocenters. The summed E-state index contributed by atoms with van der Waals surface area (Å²) < 4.78 is 5.60. The lowest BCUT2D eigenvalue weighted by Gasteiger charge is -2.29. The molecule has 3 heteroatoms. The second kappa shape index (κ2) is 7.36. The van der Waals surface area contributed by atoms with Crippen LogP contribution in [0.3, 0.4) is 0 Å². The highest BCUT2D eigenvalue weighted by molar-refractivity contribution is 5.27. The van der Waals surface area contributed by atoms with Gasteiger partial charge in [0.2, 0.25) is 0 Å². The smallest absolute Gasteiger partial charge is 0.0591 e. The zero-order valence-electron chi connectivity index (χ0n) is 12.2. The maximum Gasteiger partial charge on any atom is 0.0591 e. The van der Waals surface area contributed by atoms with Gasteiger partial charge in [-0.3, -0.25) is 0 Å². The van der Waals surface area contributed by atoms with Gasteiger partial charge in [-0.1, -0.05) is 60.7 Å². The van der Waals surface area contributed by atoms with E-state index in [1.807, 2.05) is 0 Å². The zero-order chi connectivity index (χ0) is 14.3. The van der Waals surface area contributed by atoms with Crippen molar-refractivity contribution >= 4 is 0 Å². The first-order valence-corrected chi connectivity index (χ1v) is 7.59. The van der Waals surface area contributed by atoms with Crippen LogP contribution in [0, 0.1) is 0 Å². The minimum absolute atomic E-state index is 0.246. The normalized spacial score (nSPS) is 23.8. The number of hydrogen-bond donors (Lipinski definition) is 2. The molecule has 0 radical (unpaired) electrons. The van der Waals surface area contributed by atoms with Gasteiger partial charge in [0.25, 0.3) is 0 Å². The highest BCUT2D eigenvalue weighted by Crippen LogP contribution is 2.29. The topological polar surface area (TPSA) is 33.3 Å². The van der Waals surface area contributed by atoms with Crippen LogP contribution in [0.2, 0.25) is 0 Å². The molecule has 0 spiro atoms. The molecule has 0 saturated carbocycles. The van der Waals surface area contributed by atoms with Gasteiger partial charge in [0.15, 0.2) is 0 Å². The van der Waals surface area contributed by atoms with Crippen molar-refractivity contribution < 1.29 is 4.74 Å². The van der Waals surface area contributed by atoms with Crippen molar-refractivity contribution in [1.82, 2.24) is 10.6 Å². The summed E-state index contributed by atoms with van der Waals surface area (Å²) >= 11 is 0. The van der Waals surface area contributed by atoms with E-state index in [0.717, 1.165) is 26.3 Å². The molecular formula is C18H22N2O. The van der Waals surface area contributed by atoms with E-state index >= 15 is 0 Å². The predicted octanol–water partition coefficient (Wildman–Crippen LogP) is 2.68. The standard InChI is InChI=1S/C18H22N2O/c1-3-7-15(8-4-1)17-18(16-9-5-2-6-10-16)20-12-14-21-13-11-19-17/h1-10,17-20H,11-14H2/t17-,18-/m1/s1. The molecule has 0 aliphatic carbocycles. The molecule has 2 N–H and O–H groups in total. The Labute approximate surface area is 126 Å². The number of rotatable bonds is 2. The molecule has 1 heterocycles. The van der Waals surface area contributed by atoms with Gasteiger partial charge in [-0.05, 0) is 11.1 Å². The molecule has 110 valence electrons. The summed E-state index contributed by atoms with van der Waals surface area (Å²) in [6.45, 7) is 3.24. The Morgan fingerprint density at radius 2 is 1.10 bits per heavy atom. The van der Waals surface area contributed by atoms with E-state index in [9.17, 15) is 0 Å². The first-order chi connectivity index (χ1) is 10.4.